The second-order valence-electron chi connectivity index (χ2n) is 3.89. The summed E-state index contributed by atoms with van der Waals surface area (Å²) in [5, 5.41) is 11.7. The number of carbonyl (C=O) groups is 1. The van der Waals surface area contributed by atoms with Crippen LogP contribution < -0.4 is 5.32 Å². The van der Waals surface area contributed by atoms with Crippen LogP contribution in [0.4, 0.5) is 18.9 Å². The fourth-order valence-corrected chi connectivity index (χ4v) is 1.31. The van der Waals surface area contributed by atoms with E-state index in [-0.39, 0.29) is 12.1 Å². The van der Waals surface area contributed by atoms with E-state index >= 15 is 0 Å². The van der Waals surface area contributed by atoms with E-state index in [2.05, 4.69) is 5.32 Å². The first-order valence-corrected chi connectivity index (χ1v) is 5.48. The van der Waals surface area contributed by atoms with Crippen LogP contribution in [0.1, 0.15) is 25.3 Å². The molecule has 0 aromatic heterocycles. The molecule has 0 heterocycles. The van der Waals surface area contributed by atoms with Crippen molar-refractivity contribution in [2.45, 2.75) is 32.0 Å². The van der Waals surface area contributed by atoms with E-state index in [0.29, 0.717) is 6.42 Å². The zero-order chi connectivity index (χ0) is 13.8. The van der Waals surface area contributed by atoms with E-state index < -0.39 is 23.8 Å². The minimum atomic E-state index is -4.39. The van der Waals surface area contributed by atoms with E-state index in [4.69, 9.17) is 0 Å². The number of amides is 1. The summed E-state index contributed by atoms with van der Waals surface area (Å²) in [6.07, 6.45) is -4.75. The summed E-state index contributed by atoms with van der Waals surface area (Å²) in [6, 6.07) is 4.15. The Morgan fingerprint density at radius 3 is 2.33 bits per heavy atom. The molecule has 6 heteroatoms. The number of aliphatic hydroxyl groups is 1. The monoisotopic (exact) mass is 261 g/mol. The molecule has 0 aliphatic heterocycles. The van der Waals surface area contributed by atoms with Gasteiger partial charge in [-0.05, 0) is 30.7 Å². The summed E-state index contributed by atoms with van der Waals surface area (Å²) in [4.78, 5) is 11.4. The molecule has 18 heavy (non-hydrogen) atoms. The maximum atomic E-state index is 12.3. The van der Waals surface area contributed by atoms with Gasteiger partial charge in [-0.2, -0.15) is 13.2 Å². The van der Waals surface area contributed by atoms with Crippen molar-refractivity contribution >= 4 is 11.6 Å². The van der Waals surface area contributed by atoms with E-state index in [0.717, 1.165) is 12.1 Å². The molecule has 1 aromatic rings. The average Bonchev–Trinajstić information content (AvgIpc) is 2.28. The third kappa shape index (κ3) is 4.37. The van der Waals surface area contributed by atoms with Crippen molar-refractivity contribution in [3.8, 4) is 0 Å². The number of nitrogens with one attached hydrogen (secondary N) is 1. The van der Waals surface area contributed by atoms with Crippen molar-refractivity contribution in [3.63, 3.8) is 0 Å². The van der Waals surface area contributed by atoms with Gasteiger partial charge in [-0.25, -0.2) is 0 Å². The second-order valence-corrected chi connectivity index (χ2v) is 3.89. The Morgan fingerprint density at radius 2 is 1.89 bits per heavy atom. The normalized spacial score (nSPS) is 13.2. The van der Waals surface area contributed by atoms with Crippen molar-refractivity contribution in [1.82, 2.24) is 0 Å². The molecule has 1 rings (SSSR count). The van der Waals surface area contributed by atoms with Gasteiger partial charge >= 0.3 is 6.18 Å². The van der Waals surface area contributed by atoms with E-state index in [1.165, 1.54) is 12.1 Å². The number of aliphatic hydroxyl groups excluding tert-OH is 1. The largest absolute Gasteiger partial charge is 0.416 e. The van der Waals surface area contributed by atoms with Crippen LogP contribution in [-0.4, -0.2) is 17.1 Å². The summed E-state index contributed by atoms with van der Waals surface area (Å²) in [5.41, 5.74) is -0.495. The van der Waals surface area contributed by atoms with Gasteiger partial charge in [0.15, 0.2) is 0 Å². The number of carbonyl (C=O) groups excluding carboxylic acids is 1. The summed E-state index contributed by atoms with van der Waals surface area (Å²) < 4.78 is 36.8. The Hall–Kier alpha value is -1.56. The van der Waals surface area contributed by atoms with Crippen LogP contribution in [0.3, 0.4) is 0 Å². The van der Waals surface area contributed by atoms with Crippen LogP contribution in [0.15, 0.2) is 24.3 Å². The SMILES string of the molecule is CCC(O)CC(=O)Nc1ccc(C(F)(F)F)cc1. The van der Waals surface area contributed by atoms with Gasteiger partial charge in [-0.3, -0.25) is 4.79 Å². The van der Waals surface area contributed by atoms with Gasteiger partial charge in [0.2, 0.25) is 5.91 Å². The predicted molar refractivity (Wildman–Crippen MR) is 61.0 cm³/mol. The van der Waals surface area contributed by atoms with E-state index in [1.807, 2.05) is 0 Å². The highest BCUT2D eigenvalue weighted by Crippen LogP contribution is 2.29. The summed E-state index contributed by atoms with van der Waals surface area (Å²) in [7, 11) is 0. The van der Waals surface area contributed by atoms with E-state index in [9.17, 15) is 23.1 Å². The lowest BCUT2D eigenvalue weighted by Gasteiger charge is -2.10. The quantitative estimate of drug-likeness (QED) is 0.875. The third-order valence-corrected chi connectivity index (χ3v) is 2.39. The molecule has 1 aromatic carbocycles. The van der Waals surface area contributed by atoms with Crippen molar-refractivity contribution in [3.05, 3.63) is 29.8 Å². The zero-order valence-corrected chi connectivity index (χ0v) is 9.79. The Bertz CT molecular complexity index is 401. The van der Waals surface area contributed by atoms with Gasteiger partial charge in [0.1, 0.15) is 0 Å². The molecule has 0 saturated carbocycles. The maximum Gasteiger partial charge on any atom is 0.416 e. The molecule has 0 spiro atoms. The highest BCUT2D eigenvalue weighted by Gasteiger charge is 2.29. The molecule has 0 aliphatic rings. The van der Waals surface area contributed by atoms with Crippen LogP contribution in [0.2, 0.25) is 0 Å². The summed E-state index contributed by atoms with van der Waals surface area (Å²) in [6.45, 7) is 1.73. The lowest BCUT2D eigenvalue weighted by molar-refractivity contribution is -0.137. The van der Waals surface area contributed by atoms with Gasteiger partial charge in [-0.15, -0.1) is 0 Å². The van der Waals surface area contributed by atoms with Crippen molar-refractivity contribution < 1.29 is 23.1 Å². The minimum absolute atomic E-state index is 0.0719. The molecular formula is C12H14F3NO2. The first-order valence-electron chi connectivity index (χ1n) is 5.48. The average molecular weight is 261 g/mol. The molecule has 0 bridgehead atoms. The summed E-state index contributed by atoms with van der Waals surface area (Å²) in [5.74, 6) is -0.427. The Labute approximate surface area is 103 Å². The number of rotatable bonds is 4. The molecule has 2 N–H and O–H groups in total. The van der Waals surface area contributed by atoms with Gasteiger partial charge in [0.25, 0.3) is 0 Å². The van der Waals surface area contributed by atoms with E-state index in [1.54, 1.807) is 6.92 Å². The van der Waals surface area contributed by atoms with Crippen molar-refractivity contribution in [2.24, 2.45) is 0 Å². The highest BCUT2D eigenvalue weighted by atomic mass is 19.4. The molecule has 100 valence electrons. The van der Waals surface area contributed by atoms with Crippen LogP contribution in [0, 0.1) is 0 Å². The number of hydrogen-bond donors (Lipinski definition) is 2. The molecule has 1 amide bonds. The van der Waals surface area contributed by atoms with Crippen LogP contribution in [-0.2, 0) is 11.0 Å². The smallest absolute Gasteiger partial charge is 0.393 e. The molecule has 3 nitrogen and oxygen atoms in total. The molecule has 0 radical (unpaired) electrons. The van der Waals surface area contributed by atoms with Crippen LogP contribution in [0.5, 0.6) is 0 Å². The topological polar surface area (TPSA) is 49.3 Å². The van der Waals surface area contributed by atoms with Gasteiger partial charge < -0.3 is 10.4 Å². The fraction of sp³-hybridized carbons (Fsp3) is 0.417. The van der Waals surface area contributed by atoms with Crippen LogP contribution in [0.25, 0.3) is 0 Å². The second kappa shape index (κ2) is 5.86. The maximum absolute atomic E-state index is 12.3. The number of anilines is 1. The fourth-order valence-electron chi connectivity index (χ4n) is 1.31. The molecule has 0 fully saturated rings. The number of halogens is 3. The molecule has 1 atom stereocenters. The van der Waals surface area contributed by atoms with Gasteiger partial charge in [-0.1, -0.05) is 6.92 Å². The Kier molecular flexibility index (Phi) is 4.72. The lowest BCUT2D eigenvalue weighted by atomic mass is 10.1. The Morgan fingerprint density at radius 1 is 1.33 bits per heavy atom. The lowest BCUT2D eigenvalue weighted by Crippen LogP contribution is -2.19. The van der Waals surface area contributed by atoms with Crippen molar-refractivity contribution in [1.29, 1.82) is 0 Å². The summed E-state index contributed by atoms with van der Waals surface area (Å²) >= 11 is 0. The first kappa shape index (κ1) is 14.5. The number of alkyl halides is 3. The minimum Gasteiger partial charge on any atom is -0.393 e. The molecule has 1 unspecified atom stereocenters. The highest BCUT2D eigenvalue weighted by molar-refractivity contribution is 5.90. The van der Waals surface area contributed by atoms with Gasteiger partial charge in [0, 0.05) is 5.69 Å². The predicted octanol–water partition coefficient (Wildman–Crippen LogP) is 2.80. The number of hydrogen-bond acceptors (Lipinski definition) is 2. The molecule has 0 aliphatic carbocycles. The number of benzene rings is 1. The first-order chi connectivity index (χ1) is 8.32. The zero-order valence-electron chi connectivity index (χ0n) is 9.79. The standard InChI is InChI=1S/C12H14F3NO2/c1-2-10(17)7-11(18)16-9-5-3-8(4-6-9)12(13,14)15/h3-6,10,17H,2,7H2,1H3,(H,16,18). The van der Waals surface area contributed by atoms with Crippen LogP contribution >= 0.6 is 0 Å². The van der Waals surface area contributed by atoms with Gasteiger partial charge in [0.05, 0.1) is 18.1 Å². The Balaban J connectivity index is 2.61. The molecular weight excluding hydrogens is 247 g/mol. The van der Waals surface area contributed by atoms with Crippen molar-refractivity contribution in [2.75, 3.05) is 5.32 Å². The molecule has 0 saturated heterocycles. The third-order valence-electron chi connectivity index (χ3n) is 2.39.